The molecular formula is C12H17NOS. The second kappa shape index (κ2) is 6.53. The summed E-state index contributed by atoms with van der Waals surface area (Å²) in [5.74, 6) is 0. The molecule has 1 atom stereocenters. The van der Waals surface area contributed by atoms with E-state index in [9.17, 15) is 0 Å². The zero-order valence-electron chi connectivity index (χ0n) is 8.98. The van der Waals surface area contributed by atoms with E-state index in [1.807, 2.05) is 25.1 Å². The van der Waals surface area contributed by atoms with E-state index in [2.05, 4.69) is 12.1 Å². The van der Waals surface area contributed by atoms with Gasteiger partial charge in [-0.1, -0.05) is 42.5 Å². The predicted molar refractivity (Wildman–Crippen MR) is 67.0 cm³/mol. The predicted octanol–water partition coefficient (Wildman–Crippen LogP) is 2.31. The first-order valence-corrected chi connectivity index (χ1v) is 5.56. The maximum absolute atomic E-state index is 5.46. The van der Waals surface area contributed by atoms with E-state index in [0.29, 0.717) is 11.6 Å². The van der Waals surface area contributed by atoms with Crippen molar-refractivity contribution in [3.8, 4) is 0 Å². The molecule has 0 aliphatic rings. The average Bonchev–Trinajstić information content (AvgIpc) is 2.25. The van der Waals surface area contributed by atoms with E-state index in [4.69, 9.17) is 22.7 Å². The Kier molecular flexibility index (Phi) is 5.29. The number of nitrogens with two attached hydrogens (primary N) is 1. The monoisotopic (exact) mass is 223 g/mol. The Bertz CT molecular complexity index is 300. The number of rotatable bonds is 6. The van der Waals surface area contributed by atoms with Gasteiger partial charge in [-0.2, -0.15) is 0 Å². The number of hydrogen-bond acceptors (Lipinski definition) is 2. The van der Waals surface area contributed by atoms with Crippen molar-refractivity contribution in [3.63, 3.8) is 0 Å². The molecule has 0 aliphatic heterocycles. The van der Waals surface area contributed by atoms with E-state index in [1.165, 1.54) is 5.56 Å². The quantitative estimate of drug-likeness (QED) is 0.594. The summed E-state index contributed by atoms with van der Waals surface area (Å²) in [6.07, 6.45) is 1.91. The number of thiocarbonyl (C=S) groups is 1. The van der Waals surface area contributed by atoms with Gasteiger partial charge in [-0.05, 0) is 25.3 Å². The van der Waals surface area contributed by atoms with Crippen molar-refractivity contribution in [3.05, 3.63) is 35.9 Å². The molecule has 0 aromatic heterocycles. The lowest BCUT2D eigenvalue weighted by molar-refractivity contribution is 0.108. The Morgan fingerprint density at radius 3 is 2.67 bits per heavy atom. The van der Waals surface area contributed by atoms with Gasteiger partial charge in [0.25, 0.3) is 0 Å². The van der Waals surface area contributed by atoms with E-state index in [0.717, 1.165) is 12.8 Å². The van der Waals surface area contributed by atoms with E-state index < -0.39 is 0 Å². The molecule has 2 N–H and O–H groups in total. The summed E-state index contributed by atoms with van der Waals surface area (Å²) in [6.45, 7) is 2.58. The van der Waals surface area contributed by atoms with Gasteiger partial charge in [0, 0.05) is 6.61 Å². The minimum Gasteiger partial charge on any atom is -0.391 e. The van der Waals surface area contributed by atoms with Crippen LogP contribution in [0.25, 0.3) is 0 Å². The average molecular weight is 223 g/mol. The highest BCUT2D eigenvalue weighted by Gasteiger charge is 2.03. The third kappa shape index (κ3) is 4.91. The summed E-state index contributed by atoms with van der Waals surface area (Å²) in [5.41, 5.74) is 6.77. The first-order chi connectivity index (χ1) is 7.20. The Hall–Kier alpha value is -0.930. The third-order valence-electron chi connectivity index (χ3n) is 2.22. The molecule has 3 heteroatoms. The van der Waals surface area contributed by atoms with Gasteiger partial charge in [-0.15, -0.1) is 0 Å². The molecule has 1 aromatic carbocycles. The maximum atomic E-state index is 5.46. The lowest BCUT2D eigenvalue weighted by Crippen LogP contribution is -2.26. The largest absolute Gasteiger partial charge is 0.391 e. The molecule has 0 spiro atoms. The van der Waals surface area contributed by atoms with Crippen molar-refractivity contribution >= 4 is 17.2 Å². The molecule has 0 heterocycles. The molecule has 1 aromatic rings. The third-order valence-corrected chi connectivity index (χ3v) is 2.55. The molecule has 0 amide bonds. The first-order valence-electron chi connectivity index (χ1n) is 5.15. The van der Waals surface area contributed by atoms with Crippen molar-refractivity contribution in [2.45, 2.75) is 25.9 Å². The molecule has 0 bridgehead atoms. The van der Waals surface area contributed by atoms with Gasteiger partial charge in [-0.3, -0.25) is 0 Å². The van der Waals surface area contributed by atoms with Crippen molar-refractivity contribution in [2.75, 3.05) is 6.61 Å². The second-order valence-electron chi connectivity index (χ2n) is 3.50. The SMILES string of the molecule is CC(OCCCc1ccccc1)C(N)=S. The Morgan fingerprint density at radius 2 is 2.07 bits per heavy atom. The molecule has 15 heavy (non-hydrogen) atoms. The van der Waals surface area contributed by atoms with Crippen LogP contribution in [0.3, 0.4) is 0 Å². The maximum Gasteiger partial charge on any atom is 0.104 e. The Morgan fingerprint density at radius 1 is 1.40 bits per heavy atom. The minimum absolute atomic E-state index is 0.115. The van der Waals surface area contributed by atoms with Gasteiger partial charge in [0.05, 0.1) is 0 Å². The van der Waals surface area contributed by atoms with Crippen LogP contribution in [0.15, 0.2) is 30.3 Å². The smallest absolute Gasteiger partial charge is 0.104 e. The van der Waals surface area contributed by atoms with Crippen molar-refractivity contribution in [1.29, 1.82) is 0 Å². The molecule has 82 valence electrons. The fourth-order valence-corrected chi connectivity index (χ4v) is 1.33. The summed E-state index contributed by atoms with van der Waals surface area (Å²) >= 11 is 4.81. The van der Waals surface area contributed by atoms with Crippen LogP contribution in [0.5, 0.6) is 0 Å². The zero-order chi connectivity index (χ0) is 11.1. The molecule has 0 saturated carbocycles. The van der Waals surface area contributed by atoms with Gasteiger partial charge in [-0.25, -0.2) is 0 Å². The number of aryl methyl sites for hydroxylation is 1. The standard InChI is InChI=1S/C12H17NOS/c1-10(12(13)15)14-9-5-8-11-6-3-2-4-7-11/h2-4,6-7,10H,5,8-9H2,1H3,(H2,13,15). The van der Waals surface area contributed by atoms with Crippen molar-refractivity contribution < 1.29 is 4.74 Å². The fraction of sp³-hybridized carbons (Fsp3) is 0.417. The highest BCUT2D eigenvalue weighted by molar-refractivity contribution is 7.80. The lowest BCUT2D eigenvalue weighted by atomic mass is 10.1. The number of hydrogen-bond donors (Lipinski definition) is 1. The van der Waals surface area contributed by atoms with Gasteiger partial charge >= 0.3 is 0 Å². The van der Waals surface area contributed by atoms with Gasteiger partial charge in [0.2, 0.25) is 0 Å². The number of ether oxygens (including phenoxy) is 1. The van der Waals surface area contributed by atoms with Crippen LogP contribution in [0.1, 0.15) is 18.9 Å². The van der Waals surface area contributed by atoms with E-state index >= 15 is 0 Å². The highest BCUT2D eigenvalue weighted by atomic mass is 32.1. The van der Waals surface area contributed by atoms with Crippen LogP contribution in [-0.2, 0) is 11.2 Å². The molecule has 1 rings (SSSR count). The molecular weight excluding hydrogens is 206 g/mol. The van der Waals surface area contributed by atoms with Crippen molar-refractivity contribution in [1.82, 2.24) is 0 Å². The van der Waals surface area contributed by atoms with Crippen LogP contribution < -0.4 is 5.73 Å². The summed E-state index contributed by atoms with van der Waals surface area (Å²) in [6, 6.07) is 10.4. The van der Waals surface area contributed by atoms with E-state index in [1.54, 1.807) is 0 Å². The number of benzene rings is 1. The van der Waals surface area contributed by atoms with Gasteiger partial charge in [0.1, 0.15) is 11.1 Å². The van der Waals surface area contributed by atoms with Crippen LogP contribution in [-0.4, -0.2) is 17.7 Å². The molecule has 1 unspecified atom stereocenters. The molecule has 0 saturated heterocycles. The summed E-state index contributed by atoms with van der Waals surface area (Å²) in [5, 5.41) is 0. The van der Waals surface area contributed by atoms with Crippen molar-refractivity contribution in [2.24, 2.45) is 5.73 Å². The normalized spacial score (nSPS) is 12.3. The molecule has 0 fully saturated rings. The first kappa shape index (κ1) is 12.1. The zero-order valence-corrected chi connectivity index (χ0v) is 9.80. The second-order valence-corrected chi connectivity index (χ2v) is 3.98. The Balaban J connectivity index is 2.15. The summed E-state index contributed by atoms with van der Waals surface area (Å²) < 4.78 is 5.46. The molecule has 2 nitrogen and oxygen atoms in total. The van der Waals surface area contributed by atoms with E-state index in [-0.39, 0.29) is 6.10 Å². The summed E-state index contributed by atoms with van der Waals surface area (Å²) in [4.78, 5) is 0.426. The van der Waals surface area contributed by atoms with Gasteiger partial charge in [0.15, 0.2) is 0 Å². The minimum atomic E-state index is -0.115. The van der Waals surface area contributed by atoms with Crippen LogP contribution >= 0.6 is 12.2 Å². The lowest BCUT2D eigenvalue weighted by Gasteiger charge is -2.10. The topological polar surface area (TPSA) is 35.2 Å². The molecule has 0 aliphatic carbocycles. The highest BCUT2D eigenvalue weighted by Crippen LogP contribution is 2.03. The molecule has 0 radical (unpaired) electrons. The van der Waals surface area contributed by atoms with Crippen LogP contribution in [0.4, 0.5) is 0 Å². The van der Waals surface area contributed by atoms with Gasteiger partial charge < -0.3 is 10.5 Å². The fourth-order valence-electron chi connectivity index (χ4n) is 1.26. The Labute approximate surface area is 96.4 Å². The van der Waals surface area contributed by atoms with Crippen LogP contribution in [0, 0.1) is 0 Å². The van der Waals surface area contributed by atoms with Crippen LogP contribution in [0.2, 0.25) is 0 Å². The summed E-state index contributed by atoms with van der Waals surface area (Å²) in [7, 11) is 0.